The Hall–Kier alpha value is -1.46. The zero-order chi connectivity index (χ0) is 16.9. The first-order chi connectivity index (χ1) is 11.0. The molecule has 1 aromatic carbocycles. The molecule has 2 rings (SSSR count). The van der Waals surface area contributed by atoms with E-state index >= 15 is 0 Å². The van der Waals surface area contributed by atoms with Crippen molar-refractivity contribution < 1.29 is 14.3 Å². The average molecular weight is 357 g/mol. The SMILES string of the molecule is COc1ccc(C(C)(C)C(=O)NCC2CCCNC2)cc1OC.Cl. The lowest BCUT2D eigenvalue weighted by atomic mass is 9.83. The topological polar surface area (TPSA) is 59.6 Å². The van der Waals surface area contributed by atoms with Gasteiger partial charge >= 0.3 is 0 Å². The molecule has 0 radical (unpaired) electrons. The van der Waals surface area contributed by atoms with Crippen molar-refractivity contribution >= 4 is 18.3 Å². The first-order valence-electron chi connectivity index (χ1n) is 8.20. The number of piperidine rings is 1. The Labute approximate surface area is 150 Å². The van der Waals surface area contributed by atoms with Crippen LogP contribution in [-0.4, -0.2) is 39.8 Å². The largest absolute Gasteiger partial charge is 0.493 e. The van der Waals surface area contributed by atoms with Gasteiger partial charge in [0.05, 0.1) is 19.6 Å². The maximum atomic E-state index is 12.7. The van der Waals surface area contributed by atoms with Crippen molar-refractivity contribution in [1.29, 1.82) is 0 Å². The molecular formula is C18H29ClN2O3. The third-order valence-corrected chi connectivity index (χ3v) is 4.62. The molecule has 1 heterocycles. The Morgan fingerprint density at radius 1 is 1.29 bits per heavy atom. The zero-order valence-electron chi connectivity index (χ0n) is 15.0. The van der Waals surface area contributed by atoms with Gasteiger partial charge in [0, 0.05) is 6.54 Å². The van der Waals surface area contributed by atoms with E-state index < -0.39 is 5.41 Å². The molecule has 1 atom stereocenters. The van der Waals surface area contributed by atoms with Gasteiger partial charge in [-0.1, -0.05) is 6.07 Å². The minimum Gasteiger partial charge on any atom is -0.493 e. The van der Waals surface area contributed by atoms with Crippen molar-refractivity contribution in [3.05, 3.63) is 23.8 Å². The highest BCUT2D eigenvalue weighted by Gasteiger charge is 2.31. The van der Waals surface area contributed by atoms with Crippen molar-refractivity contribution in [2.24, 2.45) is 5.92 Å². The minimum atomic E-state index is -0.623. The van der Waals surface area contributed by atoms with Crippen molar-refractivity contribution in [1.82, 2.24) is 10.6 Å². The number of methoxy groups -OCH3 is 2. The molecule has 1 aliphatic rings. The maximum Gasteiger partial charge on any atom is 0.230 e. The Balaban J connectivity index is 0.00000288. The van der Waals surface area contributed by atoms with Crippen molar-refractivity contribution in [2.75, 3.05) is 33.9 Å². The molecule has 0 aromatic heterocycles. The third kappa shape index (κ3) is 4.77. The van der Waals surface area contributed by atoms with E-state index in [1.807, 2.05) is 32.0 Å². The van der Waals surface area contributed by atoms with Crippen molar-refractivity contribution in [2.45, 2.75) is 32.1 Å². The fourth-order valence-corrected chi connectivity index (χ4v) is 2.91. The fraction of sp³-hybridized carbons (Fsp3) is 0.611. The fourth-order valence-electron chi connectivity index (χ4n) is 2.91. The molecule has 1 unspecified atom stereocenters. The Bertz CT molecular complexity index is 543. The molecule has 1 aromatic rings. The highest BCUT2D eigenvalue weighted by molar-refractivity contribution is 5.87. The third-order valence-electron chi connectivity index (χ3n) is 4.62. The quantitative estimate of drug-likeness (QED) is 0.822. The number of halogens is 1. The molecule has 1 fully saturated rings. The van der Waals surface area contributed by atoms with E-state index in [-0.39, 0.29) is 18.3 Å². The van der Waals surface area contributed by atoms with Gasteiger partial charge in [0.15, 0.2) is 11.5 Å². The van der Waals surface area contributed by atoms with Crippen LogP contribution in [0.25, 0.3) is 0 Å². The maximum absolute atomic E-state index is 12.7. The van der Waals surface area contributed by atoms with E-state index in [0.29, 0.717) is 17.4 Å². The van der Waals surface area contributed by atoms with Gasteiger partial charge in [0.25, 0.3) is 0 Å². The number of nitrogens with one attached hydrogen (secondary N) is 2. The van der Waals surface area contributed by atoms with Gasteiger partial charge in [0.2, 0.25) is 5.91 Å². The number of hydrogen-bond acceptors (Lipinski definition) is 4. The summed E-state index contributed by atoms with van der Waals surface area (Å²) in [4.78, 5) is 12.7. The monoisotopic (exact) mass is 356 g/mol. The highest BCUT2D eigenvalue weighted by atomic mass is 35.5. The molecular weight excluding hydrogens is 328 g/mol. The number of carbonyl (C=O) groups excluding carboxylic acids is 1. The van der Waals surface area contributed by atoms with Crippen LogP contribution in [0.1, 0.15) is 32.3 Å². The van der Waals surface area contributed by atoms with Crippen LogP contribution in [-0.2, 0) is 10.2 Å². The van der Waals surface area contributed by atoms with Crippen LogP contribution in [0.3, 0.4) is 0 Å². The van der Waals surface area contributed by atoms with E-state index in [0.717, 1.165) is 25.2 Å². The van der Waals surface area contributed by atoms with Gasteiger partial charge in [-0.05, 0) is 63.4 Å². The van der Waals surface area contributed by atoms with Crippen LogP contribution in [0.4, 0.5) is 0 Å². The molecule has 1 aliphatic heterocycles. The summed E-state index contributed by atoms with van der Waals surface area (Å²) in [6, 6.07) is 5.64. The summed E-state index contributed by atoms with van der Waals surface area (Å²) in [6.07, 6.45) is 2.35. The molecule has 0 aliphatic carbocycles. The van der Waals surface area contributed by atoms with Gasteiger partial charge in [-0.15, -0.1) is 12.4 Å². The van der Waals surface area contributed by atoms with Crippen LogP contribution < -0.4 is 20.1 Å². The Morgan fingerprint density at radius 2 is 2.00 bits per heavy atom. The standard InChI is InChI=1S/C18H28N2O3.ClH/c1-18(2,14-7-8-15(22-3)16(10-14)23-4)17(21)20-12-13-6-5-9-19-11-13;/h7-8,10,13,19H,5-6,9,11-12H2,1-4H3,(H,20,21);1H. The molecule has 136 valence electrons. The van der Waals surface area contributed by atoms with Gasteiger partial charge in [-0.25, -0.2) is 0 Å². The summed E-state index contributed by atoms with van der Waals surface area (Å²) in [5.74, 6) is 1.87. The Morgan fingerprint density at radius 3 is 2.58 bits per heavy atom. The molecule has 2 N–H and O–H groups in total. The van der Waals surface area contributed by atoms with E-state index in [1.165, 1.54) is 12.8 Å². The van der Waals surface area contributed by atoms with Crippen LogP contribution in [0, 0.1) is 5.92 Å². The van der Waals surface area contributed by atoms with Gasteiger partial charge < -0.3 is 20.1 Å². The van der Waals surface area contributed by atoms with Crippen LogP contribution in [0.2, 0.25) is 0 Å². The molecule has 1 saturated heterocycles. The van der Waals surface area contributed by atoms with Crippen LogP contribution in [0.5, 0.6) is 11.5 Å². The summed E-state index contributed by atoms with van der Waals surface area (Å²) >= 11 is 0. The number of benzene rings is 1. The molecule has 6 heteroatoms. The minimum absolute atomic E-state index is 0. The van der Waals surface area contributed by atoms with Gasteiger partial charge in [0.1, 0.15) is 0 Å². The lowest BCUT2D eigenvalue weighted by Crippen LogP contribution is -2.44. The lowest BCUT2D eigenvalue weighted by Gasteiger charge is -2.28. The first-order valence-corrected chi connectivity index (χ1v) is 8.20. The predicted octanol–water partition coefficient (Wildman–Crippen LogP) is 2.52. The number of rotatable bonds is 6. The summed E-state index contributed by atoms with van der Waals surface area (Å²) in [5.41, 5.74) is 0.288. The van der Waals surface area contributed by atoms with Gasteiger partial charge in [-0.3, -0.25) is 4.79 Å². The second-order valence-corrected chi connectivity index (χ2v) is 6.62. The average Bonchev–Trinajstić information content (AvgIpc) is 2.59. The number of carbonyl (C=O) groups is 1. The summed E-state index contributed by atoms with van der Waals surface area (Å²) in [5, 5.41) is 6.48. The normalized spacial score (nSPS) is 17.6. The van der Waals surface area contributed by atoms with E-state index in [1.54, 1.807) is 14.2 Å². The van der Waals surface area contributed by atoms with Gasteiger partial charge in [-0.2, -0.15) is 0 Å². The smallest absolute Gasteiger partial charge is 0.230 e. The summed E-state index contributed by atoms with van der Waals surface area (Å²) in [7, 11) is 3.21. The first kappa shape index (κ1) is 20.6. The Kier molecular flexibility index (Phi) is 7.84. The number of hydrogen-bond donors (Lipinski definition) is 2. The highest BCUT2D eigenvalue weighted by Crippen LogP contribution is 2.33. The van der Waals surface area contributed by atoms with E-state index in [4.69, 9.17) is 9.47 Å². The molecule has 5 nitrogen and oxygen atoms in total. The lowest BCUT2D eigenvalue weighted by molar-refractivity contribution is -0.125. The molecule has 0 bridgehead atoms. The molecule has 0 saturated carbocycles. The zero-order valence-corrected chi connectivity index (χ0v) is 15.8. The molecule has 0 spiro atoms. The predicted molar refractivity (Wildman–Crippen MR) is 98.4 cm³/mol. The number of amides is 1. The second-order valence-electron chi connectivity index (χ2n) is 6.62. The van der Waals surface area contributed by atoms with Crippen LogP contribution in [0.15, 0.2) is 18.2 Å². The molecule has 1 amide bonds. The number of ether oxygens (including phenoxy) is 2. The van der Waals surface area contributed by atoms with E-state index in [2.05, 4.69) is 10.6 Å². The van der Waals surface area contributed by atoms with Crippen molar-refractivity contribution in [3.63, 3.8) is 0 Å². The second kappa shape index (κ2) is 9.14. The van der Waals surface area contributed by atoms with Crippen LogP contribution >= 0.6 is 12.4 Å². The van der Waals surface area contributed by atoms with Crippen molar-refractivity contribution in [3.8, 4) is 11.5 Å². The van der Waals surface area contributed by atoms with E-state index in [9.17, 15) is 4.79 Å². The summed E-state index contributed by atoms with van der Waals surface area (Å²) in [6.45, 7) is 6.66. The molecule has 24 heavy (non-hydrogen) atoms. The summed E-state index contributed by atoms with van der Waals surface area (Å²) < 4.78 is 10.6.